The van der Waals surface area contributed by atoms with E-state index in [4.69, 9.17) is 16.3 Å². The summed E-state index contributed by atoms with van der Waals surface area (Å²) in [6.45, 7) is 5.49. The molecule has 7 nitrogen and oxygen atoms in total. The number of halogens is 1. The Kier molecular flexibility index (Phi) is 7.50. The Balaban J connectivity index is 1.96. The van der Waals surface area contributed by atoms with Gasteiger partial charge in [0.2, 0.25) is 0 Å². The first-order valence-corrected chi connectivity index (χ1v) is 9.25. The molecule has 0 atom stereocenters. The van der Waals surface area contributed by atoms with Crippen LogP contribution >= 0.6 is 11.6 Å². The van der Waals surface area contributed by atoms with E-state index in [0.717, 1.165) is 17.2 Å². The van der Waals surface area contributed by atoms with Gasteiger partial charge in [0.05, 0.1) is 4.92 Å². The molecular weight excluding hydrogens is 396 g/mol. The van der Waals surface area contributed by atoms with Gasteiger partial charge in [-0.1, -0.05) is 49.7 Å². The first-order valence-electron chi connectivity index (χ1n) is 8.87. The van der Waals surface area contributed by atoms with Crippen LogP contribution in [-0.4, -0.2) is 23.4 Å². The lowest BCUT2D eigenvalue weighted by Gasteiger charge is -2.16. The van der Waals surface area contributed by atoms with Gasteiger partial charge in [0.1, 0.15) is 5.02 Å². The molecule has 0 unspecified atom stereocenters. The van der Waals surface area contributed by atoms with E-state index < -0.39 is 23.4 Å². The first kappa shape index (κ1) is 22.1. The van der Waals surface area contributed by atoms with Crippen LogP contribution in [0.15, 0.2) is 42.5 Å². The number of hydrogen-bond donors (Lipinski definition) is 1. The van der Waals surface area contributed by atoms with Crippen LogP contribution in [0.5, 0.6) is 0 Å². The lowest BCUT2D eigenvalue weighted by Crippen LogP contribution is -2.21. The number of para-hydroxylation sites is 1. The molecule has 0 fully saturated rings. The summed E-state index contributed by atoms with van der Waals surface area (Å²) in [5.74, 6) is -0.976. The molecule has 8 heteroatoms. The Morgan fingerprint density at radius 3 is 2.66 bits per heavy atom. The normalized spacial score (nSPS) is 10.9. The molecule has 0 aliphatic rings. The zero-order chi connectivity index (χ0) is 21.6. The van der Waals surface area contributed by atoms with E-state index in [2.05, 4.69) is 5.32 Å². The predicted octanol–water partition coefficient (Wildman–Crippen LogP) is 4.88. The van der Waals surface area contributed by atoms with Crippen molar-refractivity contribution in [1.82, 2.24) is 0 Å². The number of carbonyl (C=O) groups is 2. The summed E-state index contributed by atoms with van der Waals surface area (Å²) < 4.78 is 4.94. The van der Waals surface area contributed by atoms with Gasteiger partial charge in [0, 0.05) is 17.8 Å². The number of rotatable bonds is 7. The lowest BCUT2D eigenvalue weighted by molar-refractivity contribution is -0.384. The molecule has 2 aromatic rings. The van der Waals surface area contributed by atoms with Crippen molar-refractivity contribution >= 4 is 40.9 Å². The second kappa shape index (κ2) is 9.84. The summed E-state index contributed by atoms with van der Waals surface area (Å²) in [7, 11) is 0. The average Bonchev–Trinajstić information content (AvgIpc) is 2.66. The van der Waals surface area contributed by atoms with Crippen molar-refractivity contribution in [3.8, 4) is 0 Å². The number of nitrogens with one attached hydrogen (secondary N) is 1. The van der Waals surface area contributed by atoms with Gasteiger partial charge in [0.15, 0.2) is 6.61 Å². The first-order chi connectivity index (χ1) is 13.7. The van der Waals surface area contributed by atoms with E-state index in [-0.39, 0.29) is 16.6 Å². The van der Waals surface area contributed by atoms with Crippen LogP contribution in [0.25, 0.3) is 6.08 Å². The topological polar surface area (TPSA) is 98.5 Å². The largest absolute Gasteiger partial charge is 0.452 e. The van der Waals surface area contributed by atoms with Crippen molar-refractivity contribution in [3.63, 3.8) is 0 Å². The minimum atomic E-state index is -0.744. The number of amides is 1. The van der Waals surface area contributed by atoms with Crippen LogP contribution in [0.2, 0.25) is 5.02 Å². The standard InChI is InChI=1S/C21H21ClN2O5/c1-13(2)16-6-4-5-14(3)21(16)23-19(25)12-29-20(26)10-8-15-7-9-17(22)18(11-15)24(27)28/h4-11,13H,12H2,1-3H3,(H,23,25)/b10-8+. The molecule has 0 bridgehead atoms. The van der Waals surface area contributed by atoms with Crippen molar-refractivity contribution in [3.05, 3.63) is 74.3 Å². The maximum Gasteiger partial charge on any atom is 0.331 e. The van der Waals surface area contributed by atoms with Crippen LogP contribution in [-0.2, 0) is 14.3 Å². The number of nitrogens with zero attached hydrogens (tertiary/aromatic N) is 1. The van der Waals surface area contributed by atoms with Crippen molar-refractivity contribution in [1.29, 1.82) is 0 Å². The monoisotopic (exact) mass is 416 g/mol. The van der Waals surface area contributed by atoms with E-state index >= 15 is 0 Å². The summed E-state index contributed by atoms with van der Waals surface area (Å²) in [5.41, 5.74) is 2.77. The molecule has 0 heterocycles. The zero-order valence-corrected chi connectivity index (χ0v) is 17.0. The van der Waals surface area contributed by atoms with Crippen molar-refractivity contribution < 1.29 is 19.2 Å². The fourth-order valence-corrected chi connectivity index (χ4v) is 2.83. The van der Waals surface area contributed by atoms with E-state index in [1.807, 2.05) is 39.0 Å². The number of carbonyl (C=O) groups excluding carboxylic acids is 2. The third-order valence-electron chi connectivity index (χ3n) is 4.12. The van der Waals surface area contributed by atoms with E-state index in [1.54, 1.807) is 0 Å². The Labute approximate surface area is 173 Å². The highest BCUT2D eigenvalue weighted by molar-refractivity contribution is 6.32. The van der Waals surface area contributed by atoms with Crippen LogP contribution in [0.3, 0.4) is 0 Å². The summed E-state index contributed by atoms with van der Waals surface area (Å²) in [4.78, 5) is 34.3. The van der Waals surface area contributed by atoms with Crippen molar-refractivity contribution in [2.45, 2.75) is 26.7 Å². The number of benzene rings is 2. The zero-order valence-electron chi connectivity index (χ0n) is 16.3. The number of aryl methyl sites for hydroxylation is 1. The number of nitro groups is 1. The third kappa shape index (κ3) is 6.15. The molecule has 0 aliphatic carbocycles. The highest BCUT2D eigenvalue weighted by atomic mass is 35.5. The fraction of sp³-hybridized carbons (Fsp3) is 0.238. The van der Waals surface area contributed by atoms with E-state index in [0.29, 0.717) is 11.3 Å². The quantitative estimate of drug-likeness (QED) is 0.300. The number of esters is 1. The molecule has 29 heavy (non-hydrogen) atoms. The maximum absolute atomic E-state index is 12.2. The van der Waals surface area contributed by atoms with E-state index in [1.165, 1.54) is 24.3 Å². The molecule has 0 aliphatic heterocycles. The number of nitro benzene ring substituents is 1. The summed E-state index contributed by atoms with van der Waals surface area (Å²) >= 11 is 5.74. The molecular formula is C21H21ClN2O5. The lowest BCUT2D eigenvalue weighted by atomic mass is 9.98. The van der Waals surface area contributed by atoms with Gasteiger partial charge in [-0.2, -0.15) is 0 Å². The van der Waals surface area contributed by atoms with E-state index in [9.17, 15) is 19.7 Å². The van der Waals surface area contributed by atoms with Crippen LogP contribution in [0, 0.1) is 17.0 Å². The Hall–Kier alpha value is -3.19. The molecule has 1 N–H and O–H groups in total. The van der Waals surface area contributed by atoms with Gasteiger partial charge in [-0.15, -0.1) is 0 Å². The van der Waals surface area contributed by atoms with Gasteiger partial charge in [-0.3, -0.25) is 14.9 Å². The van der Waals surface area contributed by atoms with Gasteiger partial charge >= 0.3 is 5.97 Å². The van der Waals surface area contributed by atoms with Gasteiger partial charge in [-0.05, 0) is 41.7 Å². The average molecular weight is 417 g/mol. The number of anilines is 1. The second-order valence-electron chi connectivity index (χ2n) is 6.65. The van der Waals surface area contributed by atoms with Crippen LogP contribution in [0.1, 0.15) is 36.5 Å². The molecule has 1 amide bonds. The Morgan fingerprint density at radius 1 is 1.28 bits per heavy atom. The van der Waals surface area contributed by atoms with Crippen molar-refractivity contribution in [2.24, 2.45) is 0 Å². The smallest absolute Gasteiger partial charge is 0.331 e. The molecule has 2 rings (SSSR count). The Morgan fingerprint density at radius 2 is 2.00 bits per heavy atom. The van der Waals surface area contributed by atoms with Crippen LogP contribution in [0.4, 0.5) is 11.4 Å². The molecule has 0 saturated carbocycles. The maximum atomic E-state index is 12.2. The highest BCUT2D eigenvalue weighted by Crippen LogP contribution is 2.27. The summed E-state index contributed by atoms with van der Waals surface area (Å²) in [6, 6.07) is 9.88. The van der Waals surface area contributed by atoms with Crippen molar-refractivity contribution in [2.75, 3.05) is 11.9 Å². The SMILES string of the molecule is Cc1cccc(C(C)C)c1NC(=O)COC(=O)/C=C/c1ccc(Cl)c([N+](=O)[O-])c1. The van der Waals surface area contributed by atoms with Crippen LogP contribution < -0.4 is 5.32 Å². The second-order valence-corrected chi connectivity index (χ2v) is 7.06. The number of hydrogen-bond acceptors (Lipinski definition) is 5. The minimum absolute atomic E-state index is 0.00312. The molecule has 2 aromatic carbocycles. The number of ether oxygens (including phenoxy) is 1. The molecule has 0 saturated heterocycles. The third-order valence-corrected chi connectivity index (χ3v) is 4.44. The summed E-state index contributed by atoms with van der Waals surface area (Å²) in [6.07, 6.45) is 2.44. The summed E-state index contributed by atoms with van der Waals surface area (Å²) in [5, 5.41) is 13.7. The van der Waals surface area contributed by atoms with Gasteiger partial charge in [0.25, 0.3) is 11.6 Å². The predicted molar refractivity (Wildman–Crippen MR) is 112 cm³/mol. The fourth-order valence-electron chi connectivity index (χ4n) is 2.64. The minimum Gasteiger partial charge on any atom is -0.452 e. The Bertz CT molecular complexity index is 970. The highest BCUT2D eigenvalue weighted by Gasteiger charge is 2.14. The molecule has 0 radical (unpaired) electrons. The molecule has 0 spiro atoms. The molecule has 0 aromatic heterocycles. The van der Waals surface area contributed by atoms with Gasteiger partial charge < -0.3 is 10.1 Å². The molecule has 152 valence electrons. The van der Waals surface area contributed by atoms with Gasteiger partial charge in [-0.25, -0.2) is 4.79 Å².